The number of aromatic nitrogens is 1. The zero-order valence-electron chi connectivity index (χ0n) is 11.3. The van der Waals surface area contributed by atoms with E-state index in [1.165, 1.54) is 13.3 Å². The lowest BCUT2D eigenvalue weighted by atomic mass is 10.0. The maximum Gasteiger partial charge on any atom is 0.305 e. The Morgan fingerprint density at radius 1 is 1.30 bits per heavy atom. The Kier molecular flexibility index (Phi) is 4.20. The molecule has 5 nitrogen and oxygen atoms in total. The summed E-state index contributed by atoms with van der Waals surface area (Å²) in [7, 11) is 1.39. The number of carbonyl (C=O) groups is 1. The first-order valence-corrected chi connectivity index (χ1v) is 6.27. The second-order valence-corrected chi connectivity index (χ2v) is 4.47. The molecule has 104 valence electrons. The number of ether oxygens (including phenoxy) is 1. The highest BCUT2D eigenvalue weighted by atomic mass is 16.5. The molecule has 1 aromatic carbocycles. The SMILES string of the molecule is COC(=O)CCc1cccc(-c2cncc(N)c2N)c1. The standard InChI is InChI=1S/C15H17N3O2/c1-20-14(19)6-5-10-3-2-4-11(7-10)12-8-18-9-13(16)15(12)17/h2-4,7-9H,5-6,16H2,1H3,(H2,17,18). The molecule has 0 aliphatic carbocycles. The van der Waals surface area contributed by atoms with Crippen molar-refractivity contribution in [2.24, 2.45) is 0 Å². The van der Waals surface area contributed by atoms with Crippen LogP contribution in [0.2, 0.25) is 0 Å². The molecular weight excluding hydrogens is 254 g/mol. The van der Waals surface area contributed by atoms with E-state index in [0.29, 0.717) is 24.2 Å². The number of pyridine rings is 1. The first kappa shape index (κ1) is 13.9. The van der Waals surface area contributed by atoms with E-state index in [4.69, 9.17) is 11.5 Å². The van der Waals surface area contributed by atoms with Gasteiger partial charge in [-0.1, -0.05) is 24.3 Å². The summed E-state index contributed by atoms with van der Waals surface area (Å²) in [5.41, 5.74) is 15.5. The average molecular weight is 271 g/mol. The van der Waals surface area contributed by atoms with Gasteiger partial charge in [-0.05, 0) is 17.5 Å². The number of nitrogen functional groups attached to an aromatic ring is 2. The van der Waals surface area contributed by atoms with Gasteiger partial charge in [0.2, 0.25) is 0 Å². The number of nitrogens with two attached hydrogens (primary N) is 2. The molecule has 0 radical (unpaired) electrons. The third kappa shape index (κ3) is 3.06. The fourth-order valence-corrected chi connectivity index (χ4v) is 1.96. The van der Waals surface area contributed by atoms with Crippen LogP contribution in [-0.4, -0.2) is 18.1 Å². The molecule has 2 aromatic rings. The molecule has 0 saturated carbocycles. The minimum atomic E-state index is -0.222. The summed E-state index contributed by atoms with van der Waals surface area (Å²) >= 11 is 0. The molecule has 1 heterocycles. The number of esters is 1. The Labute approximate surface area is 117 Å². The number of benzene rings is 1. The Morgan fingerprint density at radius 2 is 2.10 bits per heavy atom. The molecule has 0 spiro atoms. The molecular formula is C15H17N3O2. The highest BCUT2D eigenvalue weighted by molar-refractivity contribution is 5.83. The number of rotatable bonds is 4. The first-order valence-electron chi connectivity index (χ1n) is 6.27. The van der Waals surface area contributed by atoms with Crippen molar-refractivity contribution in [1.29, 1.82) is 0 Å². The molecule has 0 aliphatic rings. The molecule has 0 aliphatic heterocycles. The minimum Gasteiger partial charge on any atom is -0.469 e. The van der Waals surface area contributed by atoms with Gasteiger partial charge in [-0.2, -0.15) is 0 Å². The topological polar surface area (TPSA) is 91.2 Å². The van der Waals surface area contributed by atoms with Crippen LogP contribution in [0, 0.1) is 0 Å². The fraction of sp³-hybridized carbons (Fsp3) is 0.200. The van der Waals surface area contributed by atoms with Crippen LogP contribution in [0.3, 0.4) is 0 Å². The lowest BCUT2D eigenvalue weighted by Gasteiger charge is -2.09. The summed E-state index contributed by atoms with van der Waals surface area (Å²) in [4.78, 5) is 15.2. The average Bonchev–Trinajstić information content (AvgIpc) is 2.48. The van der Waals surface area contributed by atoms with Crippen LogP contribution in [0.15, 0.2) is 36.7 Å². The van der Waals surface area contributed by atoms with Crippen LogP contribution in [0.4, 0.5) is 11.4 Å². The van der Waals surface area contributed by atoms with Crippen LogP contribution in [0.1, 0.15) is 12.0 Å². The smallest absolute Gasteiger partial charge is 0.305 e. The molecule has 0 fully saturated rings. The Bertz CT molecular complexity index is 626. The van der Waals surface area contributed by atoms with Crippen LogP contribution in [0.25, 0.3) is 11.1 Å². The van der Waals surface area contributed by atoms with Gasteiger partial charge in [0.1, 0.15) is 0 Å². The molecule has 0 atom stereocenters. The van der Waals surface area contributed by atoms with Gasteiger partial charge in [0.05, 0.1) is 24.7 Å². The van der Waals surface area contributed by atoms with Crippen molar-refractivity contribution in [2.75, 3.05) is 18.6 Å². The van der Waals surface area contributed by atoms with E-state index in [-0.39, 0.29) is 5.97 Å². The molecule has 0 amide bonds. The van der Waals surface area contributed by atoms with Crippen molar-refractivity contribution >= 4 is 17.3 Å². The van der Waals surface area contributed by atoms with Gasteiger partial charge in [-0.15, -0.1) is 0 Å². The van der Waals surface area contributed by atoms with Crippen molar-refractivity contribution in [2.45, 2.75) is 12.8 Å². The van der Waals surface area contributed by atoms with Gasteiger partial charge >= 0.3 is 5.97 Å². The van der Waals surface area contributed by atoms with Crippen LogP contribution < -0.4 is 11.5 Å². The maximum absolute atomic E-state index is 11.2. The number of aryl methyl sites for hydroxylation is 1. The number of hydrogen-bond acceptors (Lipinski definition) is 5. The molecule has 20 heavy (non-hydrogen) atoms. The predicted octanol–water partition coefficient (Wildman–Crippen LogP) is 2.02. The van der Waals surface area contributed by atoms with E-state index < -0.39 is 0 Å². The predicted molar refractivity (Wildman–Crippen MR) is 78.8 cm³/mol. The molecule has 5 heteroatoms. The van der Waals surface area contributed by atoms with Gasteiger partial charge in [0, 0.05) is 18.2 Å². The third-order valence-corrected chi connectivity index (χ3v) is 3.10. The monoisotopic (exact) mass is 271 g/mol. The normalized spacial score (nSPS) is 10.2. The minimum absolute atomic E-state index is 0.222. The zero-order valence-corrected chi connectivity index (χ0v) is 11.3. The molecule has 0 unspecified atom stereocenters. The Hall–Kier alpha value is -2.56. The maximum atomic E-state index is 11.2. The van der Waals surface area contributed by atoms with E-state index in [1.54, 1.807) is 6.20 Å². The molecule has 0 saturated heterocycles. The van der Waals surface area contributed by atoms with E-state index in [0.717, 1.165) is 16.7 Å². The molecule has 0 bridgehead atoms. The van der Waals surface area contributed by atoms with E-state index in [1.807, 2.05) is 24.3 Å². The zero-order chi connectivity index (χ0) is 14.5. The van der Waals surface area contributed by atoms with E-state index >= 15 is 0 Å². The van der Waals surface area contributed by atoms with Crippen molar-refractivity contribution in [3.05, 3.63) is 42.2 Å². The quantitative estimate of drug-likeness (QED) is 0.830. The van der Waals surface area contributed by atoms with Crippen molar-refractivity contribution in [1.82, 2.24) is 4.98 Å². The number of nitrogens with zero attached hydrogens (tertiary/aromatic N) is 1. The largest absolute Gasteiger partial charge is 0.469 e. The van der Waals surface area contributed by atoms with Crippen molar-refractivity contribution in [3.8, 4) is 11.1 Å². The van der Waals surface area contributed by atoms with Gasteiger partial charge in [0.15, 0.2) is 0 Å². The van der Waals surface area contributed by atoms with Crippen LogP contribution >= 0.6 is 0 Å². The van der Waals surface area contributed by atoms with Gasteiger partial charge in [0.25, 0.3) is 0 Å². The Balaban J connectivity index is 2.25. The van der Waals surface area contributed by atoms with Gasteiger partial charge < -0.3 is 16.2 Å². The molecule has 1 aromatic heterocycles. The van der Waals surface area contributed by atoms with Gasteiger partial charge in [-0.3, -0.25) is 9.78 Å². The second-order valence-electron chi connectivity index (χ2n) is 4.47. The fourth-order valence-electron chi connectivity index (χ4n) is 1.96. The van der Waals surface area contributed by atoms with Gasteiger partial charge in [-0.25, -0.2) is 0 Å². The lowest BCUT2D eigenvalue weighted by Crippen LogP contribution is -2.02. The molecule has 2 rings (SSSR count). The number of anilines is 2. The Morgan fingerprint density at radius 3 is 2.85 bits per heavy atom. The van der Waals surface area contributed by atoms with Crippen LogP contribution in [-0.2, 0) is 16.0 Å². The summed E-state index contributed by atoms with van der Waals surface area (Å²) in [5.74, 6) is -0.222. The summed E-state index contributed by atoms with van der Waals surface area (Å²) in [6.07, 6.45) is 4.19. The number of hydrogen-bond donors (Lipinski definition) is 2. The third-order valence-electron chi connectivity index (χ3n) is 3.10. The van der Waals surface area contributed by atoms with E-state index in [9.17, 15) is 4.79 Å². The van der Waals surface area contributed by atoms with Crippen molar-refractivity contribution < 1.29 is 9.53 Å². The second kappa shape index (κ2) is 6.06. The molecule has 4 N–H and O–H groups in total. The summed E-state index contributed by atoms with van der Waals surface area (Å²) in [6, 6.07) is 7.80. The lowest BCUT2D eigenvalue weighted by molar-refractivity contribution is -0.140. The number of carbonyl (C=O) groups excluding carboxylic acids is 1. The summed E-state index contributed by atoms with van der Waals surface area (Å²) < 4.78 is 4.64. The van der Waals surface area contributed by atoms with Crippen LogP contribution in [0.5, 0.6) is 0 Å². The van der Waals surface area contributed by atoms with Crippen molar-refractivity contribution in [3.63, 3.8) is 0 Å². The summed E-state index contributed by atoms with van der Waals surface area (Å²) in [5, 5.41) is 0. The highest BCUT2D eigenvalue weighted by Gasteiger charge is 2.07. The number of methoxy groups -OCH3 is 1. The highest BCUT2D eigenvalue weighted by Crippen LogP contribution is 2.29. The first-order chi connectivity index (χ1) is 9.61. The van der Waals surface area contributed by atoms with E-state index in [2.05, 4.69) is 9.72 Å². The summed E-state index contributed by atoms with van der Waals surface area (Å²) in [6.45, 7) is 0.